The van der Waals surface area contributed by atoms with Gasteiger partial charge in [0.15, 0.2) is 0 Å². The summed E-state index contributed by atoms with van der Waals surface area (Å²) in [7, 11) is 1.93. The first-order valence-electron chi connectivity index (χ1n) is 6.09. The van der Waals surface area contributed by atoms with Crippen molar-refractivity contribution in [2.24, 2.45) is 12.8 Å². The smallest absolute Gasteiger partial charge is 0.131 e. The molecule has 2 aromatic heterocycles. The van der Waals surface area contributed by atoms with Crippen molar-refractivity contribution in [3.63, 3.8) is 0 Å². The van der Waals surface area contributed by atoms with Crippen molar-refractivity contribution in [3.8, 4) is 5.69 Å². The van der Waals surface area contributed by atoms with E-state index in [1.807, 2.05) is 65.1 Å². The summed E-state index contributed by atoms with van der Waals surface area (Å²) in [4.78, 5) is 4.26. The lowest BCUT2D eigenvalue weighted by Gasteiger charge is -2.08. The van der Waals surface area contributed by atoms with E-state index < -0.39 is 0 Å². The summed E-state index contributed by atoms with van der Waals surface area (Å²) in [6.07, 6.45) is 5.53. The Labute approximate surface area is 111 Å². The molecule has 2 heterocycles. The molecule has 5 nitrogen and oxygen atoms in total. The Kier molecular flexibility index (Phi) is 2.89. The van der Waals surface area contributed by atoms with E-state index >= 15 is 0 Å². The van der Waals surface area contributed by atoms with Crippen LogP contribution in [0, 0.1) is 0 Å². The topological polar surface area (TPSA) is 61.7 Å². The predicted octanol–water partition coefficient (Wildman–Crippen LogP) is 1.65. The van der Waals surface area contributed by atoms with Crippen LogP contribution in [0.5, 0.6) is 0 Å². The molecule has 0 aliphatic heterocycles. The van der Waals surface area contributed by atoms with E-state index in [9.17, 15) is 0 Å². The van der Waals surface area contributed by atoms with Gasteiger partial charge < -0.3 is 10.3 Å². The third-order valence-electron chi connectivity index (χ3n) is 3.09. The van der Waals surface area contributed by atoms with Gasteiger partial charge in [-0.05, 0) is 18.2 Å². The molecule has 19 heavy (non-hydrogen) atoms. The van der Waals surface area contributed by atoms with Crippen molar-refractivity contribution < 1.29 is 0 Å². The third-order valence-corrected chi connectivity index (χ3v) is 3.09. The molecule has 0 radical (unpaired) electrons. The summed E-state index contributed by atoms with van der Waals surface area (Å²) in [6, 6.07) is 11.6. The van der Waals surface area contributed by atoms with E-state index in [4.69, 9.17) is 5.73 Å². The molecule has 0 fully saturated rings. The van der Waals surface area contributed by atoms with Crippen LogP contribution in [0.2, 0.25) is 0 Å². The maximum Gasteiger partial charge on any atom is 0.131 e. The highest BCUT2D eigenvalue weighted by Crippen LogP contribution is 2.16. The molecule has 3 aromatic rings. The molecule has 1 unspecified atom stereocenters. The maximum atomic E-state index is 6.19. The molecule has 5 heteroatoms. The average Bonchev–Trinajstić information content (AvgIpc) is 3.08. The van der Waals surface area contributed by atoms with E-state index in [0.29, 0.717) is 0 Å². The largest absolute Gasteiger partial charge is 0.336 e. The van der Waals surface area contributed by atoms with Gasteiger partial charge in [-0.1, -0.05) is 18.2 Å². The zero-order valence-corrected chi connectivity index (χ0v) is 10.6. The van der Waals surface area contributed by atoms with Gasteiger partial charge in [-0.25, -0.2) is 9.67 Å². The van der Waals surface area contributed by atoms with Crippen LogP contribution >= 0.6 is 0 Å². The van der Waals surface area contributed by atoms with Crippen LogP contribution in [-0.4, -0.2) is 19.3 Å². The van der Waals surface area contributed by atoms with Crippen LogP contribution < -0.4 is 5.73 Å². The molecule has 0 saturated carbocycles. The van der Waals surface area contributed by atoms with E-state index in [1.165, 1.54) is 0 Å². The second-order valence-corrected chi connectivity index (χ2v) is 4.39. The summed E-state index contributed by atoms with van der Waals surface area (Å²) in [5, 5.41) is 4.52. The van der Waals surface area contributed by atoms with Crippen LogP contribution in [-0.2, 0) is 7.05 Å². The molecule has 1 aromatic carbocycles. The van der Waals surface area contributed by atoms with Crippen molar-refractivity contribution in [1.82, 2.24) is 19.3 Å². The molecule has 3 rings (SSSR count). The number of aromatic nitrogens is 4. The molecule has 0 spiro atoms. The normalized spacial score (nSPS) is 12.5. The van der Waals surface area contributed by atoms with Crippen LogP contribution in [0.15, 0.2) is 55.0 Å². The Balaban J connectivity index is 1.92. The molecule has 2 N–H and O–H groups in total. The fraction of sp³-hybridized carbons (Fsp3) is 0.143. The summed E-state index contributed by atoms with van der Waals surface area (Å²) < 4.78 is 3.73. The molecule has 0 amide bonds. The molecule has 1 atom stereocenters. The number of para-hydroxylation sites is 1. The zero-order valence-electron chi connectivity index (χ0n) is 10.6. The lowest BCUT2D eigenvalue weighted by Crippen LogP contribution is -2.17. The Hall–Kier alpha value is -2.40. The van der Waals surface area contributed by atoms with Crippen LogP contribution in [0.4, 0.5) is 0 Å². The summed E-state index contributed by atoms with van der Waals surface area (Å²) in [5.41, 5.74) is 8.01. The zero-order chi connectivity index (χ0) is 13.2. The number of imidazole rings is 1. The Morgan fingerprint density at radius 2 is 1.89 bits per heavy atom. The van der Waals surface area contributed by atoms with Crippen molar-refractivity contribution in [1.29, 1.82) is 0 Å². The standard InChI is InChI=1S/C14H15N5/c1-18-10-8-16-14(18)13(15)12-7-9-19(17-12)11-5-3-2-4-6-11/h2-10,13H,15H2,1H3. The number of rotatable bonds is 3. The van der Waals surface area contributed by atoms with Gasteiger partial charge in [0.2, 0.25) is 0 Å². The minimum Gasteiger partial charge on any atom is -0.336 e. The molecule has 0 bridgehead atoms. The first-order valence-corrected chi connectivity index (χ1v) is 6.09. The maximum absolute atomic E-state index is 6.19. The highest BCUT2D eigenvalue weighted by molar-refractivity contribution is 5.31. The van der Waals surface area contributed by atoms with Gasteiger partial charge in [-0.3, -0.25) is 0 Å². The van der Waals surface area contributed by atoms with Crippen LogP contribution in [0.25, 0.3) is 5.69 Å². The number of benzene rings is 1. The monoisotopic (exact) mass is 253 g/mol. The lowest BCUT2D eigenvalue weighted by atomic mass is 10.2. The van der Waals surface area contributed by atoms with E-state index in [-0.39, 0.29) is 6.04 Å². The number of nitrogens with two attached hydrogens (primary N) is 1. The Bertz CT molecular complexity index is 668. The molecule has 0 aliphatic carbocycles. The van der Waals surface area contributed by atoms with Crippen LogP contribution in [0.1, 0.15) is 17.6 Å². The minimum atomic E-state index is -0.315. The second kappa shape index (κ2) is 4.70. The molecule has 96 valence electrons. The fourth-order valence-corrected chi connectivity index (χ4v) is 2.04. The van der Waals surface area contributed by atoms with Gasteiger partial charge in [0, 0.05) is 25.6 Å². The van der Waals surface area contributed by atoms with Crippen molar-refractivity contribution in [3.05, 3.63) is 66.5 Å². The Morgan fingerprint density at radius 1 is 1.11 bits per heavy atom. The van der Waals surface area contributed by atoms with Crippen molar-refractivity contribution in [2.45, 2.75) is 6.04 Å². The van der Waals surface area contributed by atoms with Gasteiger partial charge in [0.25, 0.3) is 0 Å². The van der Waals surface area contributed by atoms with Gasteiger partial charge in [0.1, 0.15) is 11.9 Å². The molecule has 0 saturated heterocycles. The third kappa shape index (κ3) is 2.15. The van der Waals surface area contributed by atoms with Gasteiger partial charge in [0.05, 0.1) is 11.4 Å². The second-order valence-electron chi connectivity index (χ2n) is 4.39. The first-order chi connectivity index (χ1) is 9.25. The van der Waals surface area contributed by atoms with E-state index in [2.05, 4.69) is 10.1 Å². The van der Waals surface area contributed by atoms with Crippen molar-refractivity contribution in [2.75, 3.05) is 0 Å². The molecule has 0 aliphatic rings. The Morgan fingerprint density at radius 3 is 2.58 bits per heavy atom. The molecular weight excluding hydrogens is 238 g/mol. The van der Waals surface area contributed by atoms with E-state index in [0.717, 1.165) is 17.2 Å². The summed E-state index contributed by atoms with van der Waals surface area (Å²) >= 11 is 0. The minimum absolute atomic E-state index is 0.315. The van der Waals surface area contributed by atoms with Gasteiger partial charge in [-0.15, -0.1) is 0 Å². The van der Waals surface area contributed by atoms with Gasteiger partial charge >= 0.3 is 0 Å². The van der Waals surface area contributed by atoms with Crippen molar-refractivity contribution >= 4 is 0 Å². The average molecular weight is 253 g/mol. The number of nitrogens with zero attached hydrogens (tertiary/aromatic N) is 4. The first kappa shape index (κ1) is 11.7. The highest BCUT2D eigenvalue weighted by Gasteiger charge is 2.16. The highest BCUT2D eigenvalue weighted by atomic mass is 15.3. The molecular formula is C14H15N5. The lowest BCUT2D eigenvalue weighted by molar-refractivity contribution is 0.686. The van der Waals surface area contributed by atoms with Crippen LogP contribution in [0.3, 0.4) is 0 Å². The SMILES string of the molecule is Cn1ccnc1C(N)c1ccn(-c2ccccc2)n1. The van der Waals surface area contributed by atoms with E-state index in [1.54, 1.807) is 6.20 Å². The fourth-order valence-electron chi connectivity index (χ4n) is 2.04. The predicted molar refractivity (Wildman–Crippen MR) is 72.8 cm³/mol. The number of aryl methyl sites for hydroxylation is 1. The quantitative estimate of drug-likeness (QED) is 0.772. The number of hydrogen-bond donors (Lipinski definition) is 1. The van der Waals surface area contributed by atoms with Gasteiger partial charge in [-0.2, -0.15) is 5.10 Å². The number of hydrogen-bond acceptors (Lipinski definition) is 3. The summed E-state index contributed by atoms with van der Waals surface area (Å²) in [5.74, 6) is 0.804. The summed E-state index contributed by atoms with van der Waals surface area (Å²) in [6.45, 7) is 0.